The van der Waals surface area contributed by atoms with Crippen LogP contribution in [-0.2, 0) is 6.54 Å². The second-order valence-electron chi connectivity index (χ2n) is 5.15. The van der Waals surface area contributed by atoms with E-state index in [1.807, 2.05) is 36.7 Å². The highest BCUT2D eigenvalue weighted by atomic mass is 35.5. The van der Waals surface area contributed by atoms with Gasteiger partial charge < -0.3 is 4.98 Å². The lowest BCUT2D eigenvalue weighted by Crippen LogP contribution is -2.21. The Balaban J connectivity index is 2.13. The van der Waals surface area contributed by atoms with Crippen LogP contribution in [0.25, 0.3) is 21.3 Å². The molecule has 2 heterocycles. The molecule has 1 N–H and O–H groups in total. The van der Waals surface area contributed by atoms with Gasteiger partial charge in [0.05, 0.1) is 11.9 Å². The molecule has 1 aromatic carbocycles. The third-order valence-corrected chi connectivity index (χ3v) is 4.82. The van der Waals surface area contributed by atoms with Crippen molar-refractivity contribution in [3.63, 3.8) is 0 Å². The number of aromatic amines is 1. The maximum Gasteiger partial charge on any atom is 0.260 e. The minimum atomic E-state index is -0.110. The van der Waals surface area contributed by atoms with E-state index in [1.54, 1.807) is 0 Å². The maximum atomic E-state index is 12.5. The van der Waals surface area contributed by atoms with Crippen molar-refractivity contribution in [3.8, 4) is 11.1 Å². The maximum absolute atomic E-state index is 12.5. The second-order valence-corrected chi connectivity index (χ2v) is 6.42. The summed E-state index contributed by atoms with van der Waals surface area (Å²) in [7, 11) is 1.99. The minimum absolute atomic E-state index is 0.110. The van der Waals surface area contributed by atoms with Crippen LogP contribution in [-0.4, -0.2) is 28.5 Å². The third-order valence-electron chi connectivity index (χ3n) is 3.62. The summed E-state index contributed by atoms with van der Waals surface area (Å²) in [6, 6.07) is 7.53. The molecule has 0 unspecified atom stereocenters. The zero-order valence-electron chi connectivity index (χ0n) is 12.4. The number of thiophene rings is 1. The predicted molar refractivity (Wildman–Crippen MR) is 92.7 cm³/mol. The molecule has 0 spiro atoms. The highest BCUT2D eigenvalue weighted by molar-refractivity contribution is 7.17. The topological polar surface area (TPSA) is 49.0 Å². The SMILES string of the molecule is CCN(C)Cc1nc2scc(-c3ccccc3Cl)c2c(=O)[nH]1. The zero-order valence-corrected chi connectivity index (χ0v) is 14.0. The van der Waals surface area contributed by atoms with Crippen molar-refractivity contribution in [1.82, 2.24) is 14.9 Å². The van der Waals surface area contributed by atoms with Gasteiger partial charge in [0, 0.05) is 21.5 Å². The van der Waals surface area contributed by atoms with Crippen molar-refractivity contribution >= 4 is 33.2 Å². The Morgan fingerprint density at radius 3 is 2.82 bits per heavy atom. The number of aromatic nitrogens is 2. The van der Waals surface area contributed by atoms with Gasteiger partial charge in [0.15, 0.2) is 0 Å². The van der Waals surface area contributed by atoms with Crippen LogP contribution in [0.15, 0.2) is 34.4 Å². The number of fused-ring (bicyclic) bond motifs is 1. The summed E-state index contributed by atoms with van der Waals surface area (Å²) in [6.45, 7) is 3.59. The number of hydrogen-bond donors (Lipinski definition) is 1. The van der Waals surface area contributed by atoms with Gasteiger partial charge in [-0.2, -0.15) is 0 Å². The van der Waals surface area contributed by atoms with Crippen LogP contribution < -0.4 is 5.56 Å². The lowest BCUT2D eigenvalue weighted by Gasteiger charge is -2.12. The Morgan fingerprint density at radius 2 is 2.09 bits per heavy atom. The van der Waals surface area contributed by atoms with E-state index in [9.17, 15) is 4.79 Å². The van der Waals surface area contributed by atoms with Gasteiger partial charge in [-0.05, 0) is 19.7 Å². The fourth-order valence-electron chi connectivity index (χ4n) is 2.31. The Labute approximate surface area is 137 Å². The van der Waals surface area contributed by atoms with E-state index < -0.39 is 0 Å². The van der Waals surface area contributed by atoms with Gasteiger partial charge in [-0.3, -0.25) is 9.69 Å². The molecule has 0 aliphatic heterocycles. The number of halogens is 1. The first-order valence-corrected chi connectivity index (χ1v) is 8.29. The predicted octanol–water partition coefficient (Wildman–Crippen LogP) is 3.76. The zero-order chi connectivity index (χ0) is 15.7. The fraction of sp³-hybridized carbons (Fsp3) is 0.250. The molecule has 4 nitrogen and oxygen atoms in total. The molecule has 0 aliphatic carbocycles. The quantitative estimate of drug-likeness (QED) is 0.791. The molecule has 0 radical (unpaired) electrons. The van der Waals surface area contributed by atoms with Crippen LogP contribution in [0.4, 0.5) is 0 Å². The van der Waals surface area contributed by atoms with Crippen LogP contribution in [0.5, 0.6) is 0 Å². The molecule has 0 fully saturated rings. The molecule has 114 valence electrons. The summed E-state index contributed by atoms with van der Waals surface area (Å²) >= 11 is 7.72. The van der Waals surface area contributed by atoms with E-state index in [2.05, 4.69) is 21.8 Å². The van der Waals surface area contributed by atoms with E-state index in [0.717, 1.165) is 22.5 Å². The average molecular weight is 334 g/mol. The van der Waals surface area contributed by atoms with Crippen molar-refractivity contribution in [2.24, 2.45) is 0 Å². The van der Waals surface area contributed by atoms with E-state index in [0.29, 0.717) is 22.8 Å². The van der Waals surface area contributed by atoms with Crippen molar-refractivity contribution in [3.05, 3.63) is 50.8 Å². The monoisotopic (exact) mass is 333 g/mol. The molecule has 0 saturated heterocycles. The first kappa shape index (κ1) is 15.2. The number of rotatable bonds is 4. The highest BCUT2D eigenvalue weighted by Gasteiger charge is 2.15. The summed E-state index contributed by atoms with van der Waals surface area (Å²) < 4.78 is 0. The minimum Gasteiger partial charge on any atom is -0.309 e. The molecule has 3 aromatic rings. The van der Waals surface area contributed by atoms with Crippen LogP contribution in [0.2, 0.25) is 5.02 Å². The van der Waals surface area contributed by atoms with E-state index in [1.165, 1.54) is 11.3 Å². The molecule has 0 bridgehead atoms. The molecule has 0 amide bonds. The fourth-order valence-corrected chi connectivity index (χ4v) is 3.51. The summed E-state index contributed by atoms with van der Waals surface area (Å²) in [5.41, 5.74) is 1.59. The molecular formula is C16H16ClN3OS. The first-order valence-electron chi connectivity index (χ1n) is 7.04. The Morgan fingerprint density at radius 1 is 1.32 bits per heavy atom. The third kappa shape index (κ3) is 2.79. The van der Waals surface area contributed by atoms with Crippen LogP contribution in [0.3, 0.4) is 0 Å². The lowest BCUT2D eigenvalue weighted by molar-refractivity contribution is 0.336. The van der Waals surface area contributed by atoms with Crippen molar-refractivity contribution in [2.75, 3.05) is 13.6 Å². The Kier molecular flexibility index (Phi) is 4.29. The molecule has 22 heavy (non-hydrogen) atoms. The van der Waals surface area contributed by atoms with Gasteiger partial charge in [0.1, 0.15) is 10.7 Å². The Bertz CT molecular complexity index is 871. The van der Waals surface area contributed by atoms with Crippen LogP contribution in [0, 0.1) is 0 Å². The summed E-state index contributed by atoms with van der Waals surface area (Å²) in [5.74, 6) is 0.689. The highest BCUT2D eigenvalue weighted by Crippen LogP contribution is 2.34. The average Bonchev–Trinajstić information content (AvgIpc) is 2.92. The Hall–Kier alpha value is -1.69. The molecule has 0 atom stereocenters. The summed E-state index contributed by atoms with van der Waals surface area (Å²) in [5, 5.41) is 3.19. The van der Waals surface area contributed by atoms with Gasteiger partial charge in [-0.15, -0.1) is 11.3 Å². The standard InChI is InChI=1S/C16H16ClN3OS/c1-3-20(2)8-13-18-15(21)14-11(9-22-16(14)19-13)10-6-4-5-7-12(10)17/h4-7,9H,3,8H2,1-2H3,(H,18,19,21). The number of nitrogens with one attached hydrogen (secondary N) is 1. The normalized spacial score (nSPS) is 11.5. The van der Waals surface area contributed by atoms with Gasteiger partial charge >= 0.3 is 0 Å². The van der Waals surface area contributed by atoms with E-state index in [4.69, 9.17) is 11.6 Å². The van der Waals surface area contributed by atoms with Crippen LogP contribution in [0.1, 0.15) is 12.7 Å². The molecule has 2 aromatic heterocycles. The summed E-state index contributed by atoms with van der Waals surface area (Å²) in [6.07, 6.45) is 0. The van der Waals surface area contributed by atoms with Gasteiger partial charge in [0.25, 0.3) is 5.56 Å². The van der Waals surface area contributed by atoms with Crippen molar-refractivity contribution in [1.29, 1.82) is 0 Å². The van der Waals surface area contributed by atoms with Gasteiger partial charge in [0.2, 0.25) is 0 Å². The number of hydrogen-bond acceptors (Lipinski definition) is 4. The largest absolute Gasteiger partial charge is 0.309 e. The smallest absolute Gasteiger partial charge is 0.260 e. The molecular weight excluding hydrogens is 318 g/mol. The van der Waals surface area contributed by atoms with E-state index in [-0.39, 0.29) is 5.56 Å². The second kappa shape index (κ2) is 6.20. The first-order chi connectivity index (χ1) is 10.6. The number of benzene rings is 1. The molecule has 3 rings (SSSR count). The number of nitrogens with zero attached hydrogens (tertiary/aromatic N) is 2. The van der Waals surface area contributed by atoms with Gasteiger partial charge in [-0.25, -0.2) is 4.98 Å². The van der Waals surface area contributed by atoms with Crippen molar-refractivity contribution < 1.29 is 0 Å². The summed E-state index contributed by atoms with van der Waals surface area (Å²) in [4.78, 5) is 22.8. The molecule has 0 saturated carbocycles. The van der Waals surface area contributed by atoms with Crippen LogP contribution >= 0.6 is 22.9 Å². The van der Waals surface area contributed by atoms with Gasteiger partial charge in [-0.1, -0.05) is 36.7 Å². The molecule has 0 aliphatic rings. The van der Waals surface area contributed by atoms with Crippen molar-refractivity contribution in [2.45, 2.75) is 13.5 Å². The molecule has 6 heteroatoms. The van der Waals surface area contributed by atoms with E-state index >= 15 is 0 Å². The lowest BCUT2D eigenvalue weighted by atomic mass is 10.1. The number of H-pyrrole nitrogens is 1.